The molecule has 0 bridgehead atoms. The number of aromatic nitrogens is 4. The van der Waals surface area contributed by atoms with E-state index in [0.717, 1.165) is 15.2 Å². The number of fused-ring (bicyclic) bond motifs is 1. The van der Waals surface area contributed by atoms with Crippen LogP contribution in [0, 0.1) is 0 Å². The maximum Gasteiger partial charge on any atom is 0.332 e. The molecule has 0 aromatic carbocycles. The molecule has 0 fully saturated rings. The van der Waals surface area contributed by atoms with E-state index >= 15 is 0 Å². The highest BCUT2D eigenvalue weighted by Crippen LogP contribution is 2.34. The molecule has 0 radical (unpaired) electrons. The number of hydrogen-bond acceptors (Lipinski definition) is 7. The number of nitrogens with zero attached hydrogens (tertiary/aromatic N) is 6. The first-order valence-electron chi connectivity index (χ1n) is 9.53. The summed E-state index contributed by atoms with van der Waals surface area (Å²) in [6.45, 7) is -0.150. The van der Waals surface area contributed by atoms with Crippen LogP contribution >= 0.6 is 11.3 Å². The highest BCUT2D eigenvalue weighted by atomic mass is 32.1. The molecule has 11 heteroatoms. The van der Waals surface area contributed by atoms with Crippen LogP contribution in [-0.4, -0.2) is 35.3 Å². The van der Waals surface area contributed by atoms with Crippen molar-refractivity contribution < 1.29 is 9.21 Å². The van der Waals surface area contributed by atoms with Crippen molar-refractivity contribution in [3.05, 3.63) is 73.7 Å². The summed E-state index contributed by atoms with van der Waals surface area (Å²) in [6.07, 6.45) is 3.49. The molecule has 4 aromatic rings. The fraction of sp³-hybridized carbons (Fsp3) is 0.250. The Kier molecular flexibility index (Phi) is 4.47. The SMILES string of the molecule is Cn1c(=O)c2c(ncn2CC(=O)N2N=C(c3cccs3)CC2c2ccco2)n(C)c1=O. The number of hydrazone groups is 1. The number of amides is 1. The number of furan rings is 1. The molecule has 1 amide bonds. The van der Waals surface area contributed by atoms with Gasteiger partial charge in [0, 0.05) is 20.5 Å². The van der Waals surface area contributed by atoms with Crippen molar-refractivity contribution in [2.75, 3.05) is 0 Å². The van der Waals surface area contributed by atoms with Crippen LogP contribution in [0.25, 0.3) is 11.2 Å². The summed E-state index contributed by atoms with van der Waals surface area (Å²) in [5.41, 5.74) is 0.243. The van der Waals surface area contributed by atoms with Gasteiger partial charge < -0.3 is 8.98 Å². The summed E-state index contributed by atoms with van der Waals surface area (Å²) in [5.74, 6) is 0.320. The summed E-state index contributed by atoms with van der Waals surface area (Å²) >= 11 is 1.56. The number of hydrogen-bond donors (Lipinski definition) is 0. The van der Waals surface area contributed by atoms with E-state index in [2.05, 4.69) is 10.1 Å². The van der Waals surface area contributed by atoms with Gasteiger partial charge in [0.15, 0.2) is 11.2 Å². The Labute approximate surface area is 179 Å². The zero-order valence-corrected chi connectivity index (χ0v) is 17.6. The van der Waals surface area contributed by atoms with Crippen molar-refractivity contribution in [1.29, 1.82) is 0 Å². The highest BCUT2D eigenvalue weighted by Gasteiger charge is 2.35. The van der Waals surface area contributed by atoms with Gasteiger partial charge in [-0.3, -0.25) is 18.7 Å². The van der Waals surface area contributed by atoms with E-state index in [1.54, 1.807) is 23.7 Å². The van der Waals surface area contributed by atoms with Gasteiger partial charge >= 0.3 is 5.69 Å². The van der Waals surface area contributed by atoms with Gasteiger partial charge in [-0.05, 0) is 23.6 Å². The largest absolute Gasteiger partial charge is 0.467 e. The third-order valence-electron chi connectivity index (χ3n) is 5.37. The second kappa shape index (κ2) is 7.20. The minimum atomic E-state index is -0.504. The zero-order valence-electron chi connectivity index (χ0n) is 16.8. The standard InChI is InChI=1S/C20H18N6O4S/c1-23-18-17(19(28)24(2)20(23)29)25(11-21-18)10-16(27)26-13(14-5-3-7-30-14)9-12(22-26)15-6-4-8-31-15/h3-8,11,13H,9-10H2,1-2H3. The molecule has 1 aliphatic heterocycles. The molecule has 10 nitrogen and oxygen atoms in total. The van der Waals surface area contributed by atoms with Crippen molar-refractivity contribution in [2.24, 2.45) is 19.2 Å². The molecule has 0 spiro atoms. The third-order valence-corrected chi connectivity index (χ3v) is 6.28. The Morgan fingerprint density at radius 2 is 2.06 bits per heavy atom. The fourth-order valence-electron chi connectivity index (χ4n) is 3.77. The molecular weight excluding hydrogens is 420 g/mol. The van der Waals surface area contributed by atoms with Crippen LogP contribution in [0.2, 0.25) is 0 Å². The van der Waals surface area contributed by atoms with Crippen molar-refractivity contribution in [1.82, 2.24) is 23.7 Å². The van der Waals surface area contributed by atoms with Gasteiger partial charge in [-0.25, -0.2) is 14.8 Å². The van der Waals surface area contributed by atoms with E-state index in [4.69, 9.17) is 4.42 Å². The van der Waals surface area contributed by atoms with Crippen LogP contribution in [0.3, 0.4) is 0 Å². The van der Waals surface area contributed by atoms with E-state index < -0.39 is 11.2 Å². The number of imidazole rings is 1. The smallest absolute Gasteiger partial charge is 0.332 e. The molecule has 1 aliphatic rings. The number of rotatable bonds is 4. The van der Waals surface area contributed by atoms with E-state index in [0.29, 0.717) is 12.2 Å². The summed E-state index contributed by atoms with van der Waals surface area (Å²) < 4.78 is 9.30. The second-order valence-electron chi connectivity index (χ2n) is 7.25. The Hall–Kier alpha value is -3.73. The topological polar surface area (TPSA) is 108 Å². The first kappa shape index (κ1) is 19.2. The lowest BCUT2D eigenvalue weighted by atomic mass is 10.1. The monoisotopic (exact) mass is 438 g/mol. The predicted octanol–water partition coefficient (Wildman–Crippen LogP) is 1.47. The number of carbonyl (C=O) groups is 1. The lowest BCUT2D eigenvalue weighted by molar-refractivity contribution is -0.133. The molecule has 1 atom stereocenters. The van der Waals surface area contributed by atoms with Gasteiger partial charge in [-0.15, -0.1) is 11.3 Å². The maximum absolute atomic E-state index is 13.3. The lowest BCUT2D eigenvalue weighted by Crippen LogP contribution is -2.38. The van der Waals surface area contributed by atoms with Crippen LogP contribution in [0.15, 0.2) is 61.3 Å². The van der Waals surface area contributed by atoms with Gasteiger partial charge in [0.2, 0.25) is 0 Å². The predicted molar refractivity (Wildman–Crippen MR) is 114 cm³/mol. The van der Waals surface area contributed by atoms with Crippen LogP contribution in [0.1, 0.15) is 23.1 Å². The zero-order chi connectivity index (χ0) is 21.7. The van der Waals surface area contributed by atoms with E-state index in [9.17, 15) is 14.4 Å². The molecule has 0 N–H and O–H groups in total. The summed E-state index contributed by atoms with van der Waals surface area (Å²) in [5, 5.41) is 7.95. The first-order chi connectivity index (χ1) is 15.0. The molecule has 4 aromatic heterocycles. The van der Waals surface area contributed by atoms with Gasteiger partial charge in [0.05, 0.1) is 23.2 Å². The lowest BCUT2D eigenvalue weighted by Gasteiger charge is -2.20. The van der Waals surface area contributed by atoms with E-state index in [-0.39, 0.29) is 29.7 Å². The molecule has 158 valence electrons. The highest BCUT2D eigenvalue weighted by molar-refractivity contribution is 7.12. The van der Waals surface area contributed by atoms with Gasteiger partial charge in [-0.1, -0.05) is 6.07 Å². The van der Waals surface area contributed by atoms with Gasteiger partial charge in [0.25, 0.3) is 11.5 Å². The minimum Gasteiger partial charge on any atom is -0.467 e. The molecular formula is C20H18N6O4S. The summed E-state index contributed by atoms with van der Waals surface area (Å²) in [6, 6.07) is 7.11. The number of thiophene rings is 1. The van der Waals surface area contributed by atoms with Crippen LogP contribution in [0.4, 0.5) is 0 Å². The number of carbonyl (C=O) groups excluding carboxylic acids is 1. The summed E-state index contributed by atoms with van der Waals surface area (Å²) in [4.78, 5) is 43.3. The first-order valence-corrected chi connectivity index (χ1v) is 10.4. The Morgan fingerprint density at radius 1 is 1.23 bits per heavy atom. The maximum atomic E-state index is 13.3. The van der Waals surface area contributed by atoms with Crippen LogP contribution < -0.4 is 11.2 Å². The third kappa shape index (κ3) is 3.05. The average molecular weight is 438 g/mol. The van der Waals surface area contributed by atoms with E-state index in [1.807, 2.05) is 23.6 Å². The summed E-state index contributed by atoms with van der Waals surface area (Å²) in [7, 11) is 2.93. The average Bonchev–Trinajstić information content (AvgIpc) is 3.54. The van der Waals surface area contributed by atoms with Crippen molar-refractivity contribution >= 4 is 34.1 Å². The molecule has 0 saturated heterocycles. The van der Waals surface area contributed by atoms with E-state index in [1.165, 1.54) is 34.6 Å². The van der Waals surface area contributed by atoms with Crippen molar-refractivity contribution in [3.63, 3.8) is 0 Å². The minimum absolute atomic E-state index is 0.150. The van der Waals surface area contributed by atoms with Crippen molar-refractivity contribution in [3.8, 4) is 0 Å². The molecule has 31 heavy (non-hydrogen) atoms. The molecule has 1 unspecified atom stereocenters. The Morgan fingerprint density at radius 3 is 2.77 bits per heavy atom. The second-order valence-corrected chi connectivity index (χ2v) is 8.20. The molecule has 5 heterocycles. The van der Waals surface area contributed by atoms with Gasteiger partial charge in [0.1, 0.15) is 18.3 Å². The molecule has 0 aliphatic carbocycles. The quantitative estimate of drug-likeness (QED) is 0.479. The molecule has 0 saturated carbocycles. The molecule has 5 rings (SSSR count). The normalized spacial score (nSPS) is 16.3. The van der Waals surface area contributed by atoms with Crippen molar-refractivity contribution in [2.45, 2.75) is 19.0 Å². The van der Waals surface area contributed by atoms with Crippen LogP contribution in [-0.2, 0) is 25.4 Å². The Balaban J connectivity index is 1.53. The number of aryl methyl sites for hydroxylation is 1. The fourth-order valence-corrected chi connectivity index (χ4v) is 4.49. The van der Waals surface area contributed by atoms with Gasteiger partial charge in [-0.2, -0.15) is 5.10 Å². The Bertz CT molecular complexity index is 1420. The van der Waals surface area contributed by atoms with Crippen LogP contribution in [0.5, 0.6) is 0 Å².